The van der Waals surface area contributed by atoms with Gasteiger partial charge in [-0.3, -0.25) is 9.59 Å². The molecule has 2 aromatic carbocycles. The monoisotopic (exact) mass is 394 g/mol. The maximum Gasteiger partial charge on any atom is 0.405 e. The number of aryl methyl sites for hydroxylation is 2. The zero-order valence-electron chi connectivity index (χ0n) is 15.5. The molecule has 0 fully saturated rings. The Kier molecular flexibility index (Phi) is 7.03. The van der Waals surface area contributed by atoms with E-state index in [0.717, 1.165) is 11.3 Å². The van der Waals surface area contributed by atoms with Crippen LogP contribution in [0.5, 0.6) is 5.75 Å². The van der Waals surface area contributed by atoms with Gasteiger partial charge < -0.3 is 15.4 Å². The van der Waals surface area contributed by atoms with Gasteiger partial charge in [-0.25, -0.2) is 0 Å². The van der Waals surface area contributed by atoms with E-state index in [1.54, 1.807) is 32.2 Å². The number of anilines is 1. The summed E-state index contributed by atoms with van der Waals surface area (Å²) in [5.74, 6) is -0.387. The molecule has 0 aliphatic carbocycles. The van der Waals surface area contributed by atoms with E-state index in [-0.39, 0.29) is 17.9 Å². The van der Waals surface area contributed by atoms with Crippen LogP contribution in [0.2, 0.25) is 0 Å². The van der Waals surface area contributed by atoms with Crippen LogP contribution in [-0.4, -0.2) is 31.6 Å². The molecule has 0 unspecified atom stereocenters. The molecule has 150 valence electrons. The Hall–Kier alpha value is -3.03. The van der Waals surface area contributed by atoms with Gasteiger partial charge in [0.15, 0.2) is 0 Å². The molecule has 28 heavy (non-hydrogen) atoms. The van der Waals surface area contributed by atoms with Gasteiger partial charge in [-0.15, -0.1) is 0 Å². The van der Waals surface area contributed by atoms with E-state index < -0.39 is 18.6 Å². The minimum absolute atomic E-state index is 0.0419. The number of methoxy groups -OCH3 is 1. The third kappa shape index (κ3) is 6.61. The maximum atomic E-state index is 12.2. The van der Waals surface area contributed by atoms with Crippen LogP contribution in [0.4, 0.5) is 18.9 Å². The van der Waals surface area contributed by atoms with E-state index in [0.29, 0.717) is 17.7 Å². The van der Waals surface area contributed by atoms with Gasteiger partial charge in [0.05, 0.1) is 7.11 Å². The van der Waals surface area contributed by atoms with Crippen LogP contribution >= 0.6 is 0 Å². The summed E-state index contributed by atoms with van der Waals surface area (Å²) in [6.07, 6.45) is -3.75. The Bertz CT molecular complexity index is 834. The summed E-state index contributed by atoms with van der Waals surface area (Å²) in [5, 5.41) is 4.51. The Morgan fingerprint density at radius 1 is 1.07 bits per heavy atom. The standard InChI is InChI=1S/C20H21F3N2O3/c1-13-3-7-15(19(27)24-12-20(21,22)23)11-17(13)25-18(26)10-6-14-4-8-16(28-2)9-5-14/h3-5,7-9,11H,6,10,12H2,1-2H3,(H,24,27)(H,25,26). The van der Waals surface area contributed by atoms with Crippen molar-refractivity contribution in [1.82, 2.24) is 5.32 Å². The van der Waals surface area contributed by atoms with Crippen molar-refractivity contribution in [2.75, 3.05) is 19.0 Å². The minimum Gasteiger partial charge on any atom is -0.497 e. The number of benzene rings is 2. The zero-order chi connectivity index (χ0) is 20.7. The molecule has 2 N–H and O–H groups in total. The first-order valence-electron chi connectivity index (χ1n) is 8.56. The maximum absolute atomic E-state index is 12.2. The lowest BCUT2D eigenvalue weighted by Gasteiger charge is -2.12. The summed E-state index contributed by atoms with van der Waals surface area (Å²) in [6.45, 7) is 0.319. The van der Waals surface area contributed by atoms with Crippen LogP contribution < -0.4 is 15.4 Å². The van der Waals surface area contributed by atoms with Crippen LogP contribution in [0.1, 0.15) is 27.9 Å². The molecule has 0 bridgehead atoms. The molecule has 8 heteroatoms. The second-order valence-electron chi connectivity index (χ2n) is 6.22. The van der Waals surface area contributed by atoms with E-state index in [1.165, 1.54) is 12.1 Å². The molecule has 0 aliphatic rings. The summed E-state index contributed by atoms with van der Waals surface area (Å²) < 4.78 is 41.8. The fraction of sp³-hybridized carbons (Fsp3) is 0.300. The van der Waals surface area contributed by atoms with Crippen LogP contribution in [0.3, 0.4) is 0 Å². The lowest BCUT2D eigenvalue weighted by atomic mass is 10.1. The number of hydrogen-bond donors (Lipinski definition) is 2. The molecule has 0 aliphatic heterocycles. The normalized spacial score (nSPS) is 11.0. The molecular formula is C20H21F3N2O3. The van der Waals surface area contributed by atoms with Crippen molar-refractivity contribution in [3.63, 3.8) is 0 Å². The number of carbonyl (C=O) groups is 2. The molecular weight excluding hydrogens is 373 g/mol. The number of carbonyl (C=O) groups excluding carboxylic acids is 2. The van der Waals surface area contributed by atoms with E-state index in [1.807, 2.05) is 17.4 Å². The highest BCUT2D eigenvalue weighted by Gasteiger charge is 2.28. The Labute approximate surface area is 160 Å². The third-order valence-electron chi connectivity index (χ3n) is 4.02. The molecule has 0 saturated heterocycles. The molecule has 0 saturated carbocycles. The molecule has 2 aromatic rings. The lowest BCUT2D eigenvalue weighted by molar-refractivity contribution is -0.123. The van der Waals surface area contributed by atoms with Crippen molar-refractivity contribution in [3.8, 4) is 5.75 Å². The predicted octanol–water partition coefficient (Wildman–Crippen LogP) is 3.87. The fourth-order valence-electron chi connectivity index (χ4n) is 2.44. The SMILES string of the molecule is COc1ccc(CCC(=O)Nc2cc(C(=O)NCC(F)(F)F)ccc2C)cc1. The van der Waals surface area contributed by atoms with Crippen LogP contribution in [0.15, 0.2) is 42.5 Å². The Balaban J connectivity index is 1.96. The van der Waals surface area contributed by atoms with Gasteiger partial charge >= 0.3 is 6.18 Å². The second kappa shape index (κ2) is 9.25. The van der Waals surface area contributed by atoms with Gasteiger partial charge in [0, 0.05) is 17.7 Å². The van der Waals surface area contributed by atoms with Crippen LogP contribution in [-0.2, 0) is 11.2 Å². The zero-order valence-corrected chi connectivity index (χ0v) is 15.5. The summed E-state index contributed by atoms with van der Waals surface area (Å²) in [6, 6.07) is 11.7. The molecule has 2 rings (SSSR count). The predicted molar refractivity (Wildman–Crippen MR) is 99.5 cm³/mol. The van der Waals surface area contributed by atoms with Crippen molar-refractivity contribution in [3.05, 3.63) is 59.2 Å². The first-order valence-corrected chi connectivity index (χ1v) is 8.56. The van der Waals surface area contributed by atoms with Crippen LogP contribution in [0, 0.1) is 6.92 Å². The highest BCUT2D eigenvalue weighted by atomic mass is 19.4. The Morgan fingerprint density at radius 2 is 1.75 bits per heavy atom. The number of rotatable bonds is 7. The van der Waals surface area contributed by atoms with E-state index in [4.69, 9.17) is 4.74 Å². The lowest BCUT2D eigenvalue weighted by Crippen LogP contribution is -2.33. The highest BCUT2D eigenvalue weighted by Crippen LogP contribution is 2.19. The van der Waals surface area contributed by atoms with Gasteiger partial charge in [0.1, 0.15) is 12.3 Å². The average Bonchev–Trinajstić information content (AvgIpc) is 2.66. The number of halogens is 3. The van der Waals surface area contributed by atoms with Crippen molar-refractivity contribution in [1.29, 1.82) is 0 Å². The molecule has 0 atom stereocenters. The van der Waals surface area contributed by atoms with E-state index in [9.17, 15) is 22.8 Å². The quantitative estimate of drug-likeness (QED) is 0.749. The highest BCUT2D eigenvalue weighted by molar-refractivity contribution is 5.97. The van der Waals surface area contributed by atoms with Gasteiger partial charge in [-0.1, -0.05) is 18.2 Å². The van der Waals surface area contributed by atoms with Crippen molar-refractivity contribution in [2.45, 2.75) is 25.9 Å². The first-order chi connectivity index (χ1) is 13.2. The number of alkyl halides is 3. The fourth-order valence-corrected chi connectivity index (χ4v) is 2.44. The molecule has 0 spiro atoms. The van der Waals surface area contributed by atoms with Crippen molar-refractivity contribution in [2.24, 2.45) is 0 Å². The van der Waals surface area contributed by atoms with E-state index >= 15 is 0 Å². The smallest absolute Gasteiger partial charge is 0.405 e. The Morgan fingerprint density at radius 3 is 2.36 bits per heavy atom. The topological polar surface area (TPSA) is 67.4 Å². The summed E-state index contributed by atoms with van der Waals surface area (Å²) in [5.41, 5.74) is 2.10. The minimum atomic E-state index is -4.49. The van der Waals surface area contributed by atoms with Gasteiger partial charge in [0.25, 0.3) is 5.91 Å². The van der Waals surface area contributed by atoms with Gasteiger partial charge in [-0.2, -0.15) is 13.2 Å². The molecule has 5 nitrogen and oxygen atoms in total. The number of ether oxygens (including phenoxy) is 1. The van der Waals surface area contributed by atoms with Crippen LogP contribution in [0.25, 0.3) is 0 Å². The first kappa shape index (κ1) is 21.3. The number of hydrogen-bond acceptors (Lipinski definition) is 3. The number of amides is 2. The van der Waals surface area contributed by atoms with Gasteiger partial charge in [0.2, 0.25) is 5.91 Å². The second-order valence-corrected chi connectivity index (χ2v) is 6.22. The summed E-state index contributed by atoms with van der Waals surface area (Å²) in [4.78, 5) is 24.1. The molecule has 0 aromatic heterocycles. The third-order valence-corrected chi connectivity index (χ3v) is 4.02. The van der Waals surface area contributed by atoms with E-state index in [2.05, 4.69) is 5.32 Å². The molecule has 0 radical (unpaired) electrons. The molecule has 2 amide bonds. The number of nitrogens with one attached hydrogen (secondary N) is 2. The largest absolute Gasteiger partial charge is 0.497 e. The average molecular weight is 394 g/mol. The van der Waals surface area contributed by atoms with Crippen molar-refractivity contribution < 1.29 is 27.5 Å². The van der Waals surface area contributed by atoms with Crippen molar-refractivity contribution >= 4 is 17.5 Å². The molecule has 0 heterocycles. The van der Waals surface area contributed by atoms with Gasteiger partial charge in [-0.05, 0) is 48.7 Å². The summed E-state index contributed by atoms with van der Waals surface area (Å²) in [7, 11) is 1.57. The summed E-state index contributed by atoms with van der Waals surface area (Å²) >= 11 is 0.